The summed E-state index contributed by atoms with van der Waals surface area (Å²) in [6.45, 7) is -2.08. The van der Waals surface area contributed by atoms with Gasteiger partial charge in [0, 0.05) is 89.3 Å². The first-order valence-corrected chi connectivity index (χ1v) is 24.5. The van der Waals surface area contributed by atoms with Crippen LogP contribution < -0.4 is 14.9 Å². The lowest BCUT2D eigenvalue weighted by Gasteiger charge is -2.47. The van der Waals surface area contributed by atoms with Gasteiger partial charge in [-0.15, -0.1) is 22.7 Å². The molecule has 30 heteroatoms. The third-order valence-electron chi connectivity index (χ3n) is 12.4. The molecule has 12 nitrogen and oxygen atoms in total. The number of nitrogens with zero attached hydrogens (tertiary/aromatic N) is 6. The van der Waals surface area contributed by atoms with Crippen LogP contribution in [0.2, 0.25) is 0 Å². The highest BCUT2D eigenvalue weighted by molar-refractivity contribution is 9.10. The molecule has 74 heavy (non-hydrogen) atoms. The molecule has 4 aromatic heterocycles. The molecule has 10 rings (SSSR count). The Bertz CT molecular complexity index is 2900. The highest BCUT2D eigenvalue weighted by atomic mass is 79.9. The maximum Gasteiger partial charge on any atom is 0.491 e. The third kappa shape index (κ3) is 12.3. The first-order chi connectivity index (χ1) is 34.8. The van der Waals surface area contributed by atoms with Crippen molar-refractivity contribution in [1.82, 2.24) is 29.7 Å². The van der Waals surface area contributed by atoms with Crippen molar-refractivity contribution >= 4 is 71.6 Å². The molecule has 6 aromatic rings. The van der Waals surface area contributed by atoms with Crippen molar-refractivity contribution in [2.24, 2.45) is 23.7 Å². The van der Waals surface area contributed by atoms with E-state index in [1.807, 2.05) is 5.38 Å². The van der Waals surface area contributed by atoms with E-state index < -0.39 is 85.6 Å². The molecule has 400 valence electrons. The average molecular weight is 1170 g/mol. The first kappa shape index (κ1) is 55.7. The van der Waals surface area contributed by atoms with E-state index in [0.717, 1.165) is 43.2 Å². The molecular formula is C44H38BBrF14N6O6S2. The summed E-state index contributed by atoms with van der Waals surface area (Å²) in [7, 11) is -1.89. The minimum atomic E-state index is -5.63. The van der Waals surface area contributed by atoms with Gasteiger partial charge < -0.3 is 29.0 Å². The molecule has 0 saturated carbocycles. The van der Waals surface area contributed by atoms with Crippen LogP contribution in [0.4, 0.5) is 61.5 Å². The quantitative estimate of drug-likeness (QED) is 0.100. The van der Waals surface area contributed by atoms with Crippen molar-refractivity contribution in [3.8, 4) is 22.9 Å². The lowest BCUT2D eigenvalue weighted by molar-refractivity contribution is -0.289. The summed E-state index contributed by atoms with van der Waals surface area (Å²) in [5.74, 6) is -13.7. The van der Waals surface area contributed by atoms with Crippen molar-refractivity contribution < 1.29 is 90.5 Å². The van der Waals surface area contributed by atoms with E-state index in [-0.39, 0.29) is 87.5 Å². The van der Waals surface area contributed by atoms with Crippen molar-refractivity contribution in [3.63, 3.8) is 0 Å². The molecule has 2 aromatic carbocycles. The number of ether oxygens (including phenoxy) is 4. The normalized spacial score (nSPS) is 22.7. The summed E-state index contributed by atoms with van der Waals surface area (Å²) in [6, 6.07) is 5.75. The maximum atomic E-state index is 14.3. The minimum absolute atomic E-state index is 0.0369. The van der Waals surface area contributed by atoms with Crippen molar-refractivity contribution in [2.45, 2.75) is 36.4 Å². The number of thiophene rings is 2. The molecule has 4 unspecified atom stereocenters. The SMILES string of the molecule is FC(F)(F)C(F)(F)CN1CC2COCC(C1)C2Oc1ncnc2c(Br)csc12.Fc1ccc(-c2csc3c(OC4C5COCC4CN(CC(F)(F)C(F)(F)F)C5)ncnc23)c(F)c1.OB(O)c1ccc(F)cc1F. The van der Waals surface area contributed by atoms with E-state index in [2.05, 4.69) is 35.9 Å². The average Bonchev–Trinajstić information content (AvgIpc) is 3.90. The van der Waals surface area contributed by atoms with Gasteiger partial charge in [0.1, 0.15) is 63.0 Å². The molecule has 0 spiro atoms. The number of rotatable bonds is 10. The number of likely N-dealkylation sites (tertiary alicyclic amines) is 2. The van der Waals surface area contributed by atoms with E-state index in [1.165, 1.54) is 41.4 Å². The van der Waals surface area contributed by atoms with Gasteiger partial charge in [-0.25, -0.2) is 37.5 Å². The smallest absolute Gasteiger partial charge is 0.472 e. The van der Waals surface area contributed by atoms with Gasteiger partial charge in [-0.05, 0) is 34.1 Å². The van der Waals surface area contributed by atoms with Gasteiger partial charge in [-0.3, -0.25) is 9.80 Å². The zero-order valence-electron chi connectivity index (χ0n) is 37.6. The number of fused-ring (bicyclic) bond motifs is 6. The van der Waals surface area contributed by atoms with Gasteiger partial charge >= 0.3 is 31.3 Å². The summed E-state index contributed by atoms with van der Waals surface area (Å²) in [4.78, 5) is 19.0. The monoisotopic (exact) mass is 1170 g/mol. The fourth-order valence-electron chi connectivity index (χ4n) is 9.04. The zero-order chi connectivity index (χ0) is 53.5. The fourth-order valence-corrected chi connectivity index (χ4v) is 11.5. The number of halogens is 15. The highest BCUT2D eigenvalue weighted by Crippen LogP contribution is 2.43. The van der Waals surface area contributed by atoms with Crippen molar-refractivity contribution in [1.29, 1.82) is 0 Å². The van der Waals surface area contributed by atoms with Crippen LogP contribution in [0.25, 0.3) is 31.6 Å². The summed E-state index contributed by atoms with van der Waals surface area (Å²) < 4.78 is 208. The van der Waals surface area contributed by atoms with Crippen LogP contribution in [0, 0.1) is 46.9 Å². The predicted molar refractivity (Wildman–Crippen MR) is 243 cm³/mol. The molecular weight excluding hydrogens is 1130 g/mol. The van der Waals surface area contributed by atoms with Crippen LogP contribution in [0.1, 0.15) is 0 Å². The Labute approximate surface area is 426 Å². The van der Waals surface area contributed by atoms with Gasteiger partial charge in [0.05, 0.1) is 49.5 Å². The Morgan fingerprint density at radius 2 is 1.03 bits per heavy atom. The maximum absolute atomic E-state index is 14.3. The van der Waals surface area contributed by atoms with Crippen LogP contribution >= 0.6 is 38.6 Å². The van der Waals surface area contributed by atoms with E-state index in [0.29, 0.717) is 33.2 Å². The van der Waals surface area contributed by atoms with Crippen molar-refractivity contribution in [2.75, 3.05) is 65.7 Å². The Hall–Kier alpha value is -4.56. The summed E-state index contributed by atoms with van der Waals surface area (Å²) in [5, 5.41) is 20.5. The van der Waals surface area contributed by atoms with Gasteiger partial charge in [0.25, 0.3) is 0 Å². The highest BCUT2D eigenvalue weighted by Gasteiger charge is 2.60. The van der Waals surface area contributed by atoms with Gasteiger partial charge in [0.2, 0.25) is 11.8 Å². The molecule has 4 bridgehead atoms. The molecule has 4 fully saturated rings. The fraction of sp³-hybridized carbons (Fsp3) is 0.455. The van der Waals surface area contributed by atoms with E-state index in [1.54, 1.807) is 5.38 Å². The zero-order valence-corrected chi connectivity index (χ0v) is 40.8. The van der Waals surface area contributed by atoms with Crippen LogP contribution in [0.5, 0.6) is 11.8 Å². The number of benzene rings is 2. The Balaban J connectivity index is 0.000000166. The van der Waals surface area contributed by atoms with E-state index in [9.17, 15) is 61.5 Å². The van der Waals surface area contributed by atoms with Gasteiger partial charge in [-0.1, -0.05) is 6.07 Å². The molecule has 4 atom stereocenters. The second-order valence-electron chi connectivity index (χ2n) is 17.7. The van der Waals surface area contributed by atoms with Crippen molar-refractivity contribution in [3.05, 3.63) is 87.6 Å². The molecule has 4 aliphatic rings. The molecule has 0 amide bonds. The first-order valence-electron chi connectivity index (χ1n) is 22.0. The van der Waals surface area contributed by atoms with Crippen LogP contribution in [-0.4, -0.2) is 149 Å². The largest absolute Gasteiger partial charge is 0.491 e. The lowest BCUT2D eigenvalue weighted by Crippen LogP contribution is -2.60. The van der Waals surface area contributed by atoms with E-state index in [4.69, 9.17) is 29.0 Å². The molecule has 0 radical (unpaired) electrons. The molecule has 0 aliphatic carbocycles. The Morgan fingerprint density at radius 1 is 0.595 bits per heavy atom. The Kier molecular flexibility index (Phi) is 16.7. The van der Waals surface area contributed by atoms with Gasteiger partial charge in [-0.2, -0.15) is 43.9 Å². The third-order valence-corrected chi connectivity index (χ3v) is 15.2. The predicted octanol–water partition coefficient (Wildman–Crippen LogP) is 8.78. The summed E-state index contributed by atoms with van der Waals surface area (Å²) in [6.07, 6.45) is -9.47. The summed E-state index contributed by atoms with van der Waals surface area (Å²) in [5.41, 5.74) is 1.37. The lowest BCUT2D eigenvalue weighted by atomic mass is 9.80. The van der Waals surface area contributed by atoms with Crippen LogP contribution in [0.15, 0.2) is 64.3 Å². The molecule has 4 aliphatic heterocycles. The Morgan fingerprint density at radius 3 is 1.47 bits per heavy atom. The van der Waals surface area contributed by atoms with Crippen LogP contribution in [0.3, 0.4) is 0 Å². The minimum Gasteiger partial charge on any atom is -0.472 e. The molecule has 2 N–H and O–H groups in total. The van der Waals surface area contributed by atoms with E-state index >= 15 is 0 Å². The van der Waals surface area contributed by atoms with Crippen LogP contribution in [-0.2, 0) is 9.47 Å². The number of aromatic nitrogens is 4. The topological polar surface area (TPSA) is 135 Å². The molecule has 4 saturated heterocycles. The van der Waals surface area contributed by atoms with Gasteiger partial charge in [0.15, 0.2) is 0 Å². The summed E-state index contributed by atoms with van der Waals surface area (Å²) >= 11 is 6.01. The number of piperidine rings is 2. The number of alkyl halides is 10. The second-order valence-corrected chi connectivity index (χ2v) is 20.3. The standard InChI is InChI=1S/C22H18F7N3O2S.C16H15BrF5N3O2S.C6H5BF2O2/c23-13-1-2-14(16(24)3-13)15-8-35-19-17(15)30-10-31-20(19)34-18-11-4-32(5-12(18)7-33-6-11)9-21(25,26)22(27,28)29;17-10-5-28-13-11(10)23-7-24-14(13)27-12-8-1-25(2-9(12)4-26-3-8)6-15(18,19)16(20,21)22;8-4-1-2-5(7(10)11)6(9)3-4/h1-3,8,10-12,18H,4-7,9H2;5,7-9,12H,1-4,6H2;1-3,10-11H. The molecule has 8 heterocycles. The number of hydrogen-bond donors (Lipinski definition) is 2. The second kappa shape index (κ2) is 22.2. The number of hydrogen-bond acceptors (Lipinski definition) is 14.